The third kappa shape index (κ3) is 3.64. The number of rotatable bonds is 3. The molecule has 0 fully saturated rings. The van der Waals surface area contributed by atoms with Crippen molar-refractivity contribution < 1.29 is 9.53 Å². The van der Waals surface area contributed by atoms with E-state index in [0.717, 1.165) is 17.7 Å². The Morgan fingerprint density at radius 1 is 1.46 bits per heavy atom. The number of benzene rings is 1. The first-order valence-corrected chi connectivity index (χ1v) is 8.12. The molecule has 134 valence electrons. The smallest absolute Gasteiger partial charge is 0.414 e. The predicted octanol–water partition coefficient (Wildman–Crippen LogP) is 2.47. The number of aromatic amines is 1. The molecule has 1 aliphatic rings. The number of nitrogens with one attached hydrogen (secondary N) is 2. The van der Waals surface area contributed by atoms with Gasteiger partial charge in [-0.1, -0.05) is 12.1 Å². The summed E-state index contributed by atoms with van der Waals surface area (Å²) in [6.07, 6.45) is 1.84. The zero-order chi connectivity index (χ0) is 18.7. The first kappa shape index (κ1) is 17.4. The van der Waals surface area contributed by atoms with E-state index in [9.17, 15) is 10.1 Å². The zero-order valence-corrected chi connectivity index (χ0v) is 14.8. The number of nitrogens with zero attached hydrogens (tertiary/aromatic N) is 5. The second-order valence-corrected chi connectivity index (χ2v) is 6.74. The molecule has 0 unspecified atom stereocenters. The number of tetrazole rings is 1. The molecule has 3 rings (SSSR count). The van der Waals surface area contributed by atoms with Crippen molar-refractivity contribution in [1.29, 1.82) is 5.26 Å². The van der Waals surface area contributed by atoms with Crippen LogP contribution < -0.4 is 10.2 Å². The second kappa shape index (κ2) is 6.84. The average Bonchev–Trinajstić information content (AvgIpc) is 3.23. The molecule has 0 spiro atoms. The molecule has 0 radical (unpaired) electrons. The van der Waals surface area contributed by atoms with Crippen LogP contribution in [-0.2, 0) is 11.2 Å². The van der Waals surface area contributed by atoms with Gasteiger partial charge in [0, 0.05) is 12.7 Å². The second-order valence-electron chi connectivity index (χ2n) is 6.74. The number of amides is 1. The molecule has 0 saturated carbocycles. The maximum atomic E-state index is 12.5. The first-order valence-electron chi connectivity index (χ1n) is 8.12. The van der Waals surface area contributed by atoms with Crippen molar-refractivity contribution in [2.75, 3.05) is 16.8 Å². The van der Waals surface area contributed by atoms with Gasteiger partial charge >= 0.3 is 6.09 Å². The number of fused-ring (bicyclic) bond motifs is 1. The molecule has 26 heavy (non-hydrogen) atoms. The topological polar surface area (TPSA) is 120 Å². The normalized spacial score (nSPS) is 13.9. The van der Waals surface area contributed by atoms with Gasteiger partial charge in [-0.2, -0.15) is 10.5 Å². The quantitative estimate of drug-likeness (QED) is 0.813. The van der Waals surface area contributed by atoms with E-state index in [0.29, 0.717) is 12.2 Å². The highest BCUT2D eigenvalue weighted by atomic mass is 16.6. The van der Waals surface area contributed by atoms with E-state index in [1.807, 2.05) is 45.0 Å². The molecule has 1 amide bonds. The van der Waals surface area contributed by atoms with Crippen LogP contribution in [0.2, 0.25) is 0 Å². The Labute approximate surface area is 150 Å². The van der Waals surface area contributed by atoms with Crippen LogP contribution in [0.4, 0.5) is 16.2 Å². The highest BCUT2D eigenvalue weighted by Crippen LogP contribution is 2.36. The van der Waals surface area contributed by atoms with E-state index in [2.05, 4.69) is 25.9 Å². The predicted molar refractivity (Wildman–Crippen MR) is 95.1 cm³/mol. The van der Waals surface area contributed by atoms with Gasteiger partial charge in [0.25, 0.3) is 0 Å². The summed E-state index contributed by atoms with van der Waals surface area (Å²) in [5, 5.41) is 25.7. The van der Waals surface area contributed by atoms with Crippen LogP contribution in [0.25, 0.3) is 5.57 Å². The van der Waals surface area contributed by atoms with Crippen LogP contribution in [0.15, 0.2) is 24.4 Å². The summed E-state index contributed by atoms with van der Waals surface area (Å²) < 4.78 is 5.50. The van der Waals surface area contributed by atoms with Crippen molar-refractivity contribution in [2.24, 2.45) is 0 Å². The van der Waals surface area contributed by atoms with Crippen LogP contribution >= 0.6 is 0 Å². The third-order valence-corrected chi connectivity index (χ3v) is 3.69. The fourth-order valence-corrected chi connectivity index (χ4v) is 2.64. The fourth-order valence-electron chi connectivity index (χ4n) is 2.64. The molecule has 9 heteroatoms. The Balaban J connectivity index is 1.88. The number of carbonyl (C=O) groups is 1. The first-order chi connectivity index (χ1) is 12.4. The number of H-pyrrole nitrogens is 1. The van der Waals surface area contributed by atoms with Crippen molar-refractivity contribution in [3.8, 4) is 6.07 Å². The lowest BCUT2D eigenvalue weighted by Crippen LogP contribution is -2.36. The maximum absolute atomic E-state index is 12.5. The highest BCUT2D eigenvalue weighted by Gasteiger charge is 2.30. The SMILES string of the molecule is CC(C)(C)OC(=O)N1CCc2cccc(NC=C(C#N)c3nn[nH]n3)c21. The summed E-state index contributed by atoms with van der Waals surface area (Å²) in [5.41, 5.74) is 2.13. The van der Waals surface area contributed by atoms with Gasteiger partial charge in [-0.05, 0) is 44.0 Å². The highest BCUT2D eigenvalue weighted by molar-refractivity contribution is 5.96. The van der Waals surface area contributed by atoms with Crippen LogP contribution in [0.3, 0.4) is 0 Å². The number of hydrogen-bond acceptors (Lipinski definition) is 7. The van der Waals surface area contributed by atoms with Crippen molar-refractivity contribution in [3.05, 3.63) is 35.8 Å². The van der Waals surface area contributed by atoms with Crippen LogP contribution in [0, 0.1) is 11.3 Å². The third-order valence-electron chi connectivity index (χ3n) is 3.69. The number of para-hydroxylation sites is 1. The largest absolute Gasteiger partial charge is 0.443 e. The number of allylic oxidation sites excluding steroid dienone is 1. The monoisotopic (exact) mass is 353 g/mol. The summed E-state index contributed by atoms with van der Waals surface area (Å²) in [6.45, 7) is 6.04. The number of nitriles is 1. The van der Waals surface area contributed by atoms with Gasteiger partial charge in [-0.25, -0.2) is 4.79 Å². The summed E-state index contributed by atoms with van der Waals surface area (Å²) in [4.78, 5) is 14.1. The average molecular weight is 353 g/mol. The van der Waals surface area contributed by atoms with E-state index in [1.165, 1.54) is 6.20 Å². The molecule has 1 aliphatic heterocycles. The molecule has 0 bridgehead atoms. The van der Waals surface area contributed by atoms with E-state index in [-0.39, 0.29) is 11.4 Å². The summed E-state index contributed by atoms with van der Waals surface area (Å²) >= 11 is 0. The van der Waals surface area contributed by atoms with Crippen LogP contribution in [-0.4, -0.2) is 38.9 Å². The Morgan fingerprint density at radius 2 is 2.27 bits per heavy atom. The summed E-state index contributed by atoms with van der Waals surface area (Å²) in [7, 11) is 0. The van der Waals surface area contributed by atoms with Crippen LogP contribution in [0.5, 0.6) is 0 Å². The number of aromatic nitrogens is 4. The molecule has 1 aromatic carbocycles. The Hall–Kier alpha value is -3.41. The molecule has 0 saturated heterocycles. The summed E-state index contributed by atoms with van der Waals surface area (Å²) in [5.74, 6) is 0.191. The standard InChI is InChI=1S/C17H19N7O2/c1-17(2,3)26-16(25)24-8-7-11-5-4-6-13(14(11)24)19-10-12(9-18)15-20-22-23-21-15/h4-6,10,19H,7-8H2,1-3H3,(H,20,21,22,23). The number of hydrogen-bond donors (Lipinski definition) is 2. The van der Waals surface area contributed by atoms with Crippen molar-refractivity contribution in [2.45, 2.75) is 32.8 Å². The van der Waals surface area contributed by atoms with Gasteiger partial charge in [-0.3, -0.25) is 4.90 Å². The molecule has 2 heterocycles. The number of ether oxygens (including phenoxy) is 1. The lowest BCUT2D eigenvalue weighted by Gasteiger charge is -2.25. The molecule has 0 atom stereocenters. The van der Waals surface area contributed by atoms with Gasteiger partial charge in [0.2, 0.25) is 5.82 Å². The molecular weight excluding hydrogens is 334 g/mol. The molecule has 0 aliphatic carbocycles. The van der Waals surface area contributed by atoms with Gasteiger partial charge < -0.3 is 10.1 Å². The maximum Gasteiger partial charge on any atom is 0.414 e. The Bertz CT molecular complexity index is 876. The van der Waals surface area contributed by atoms with Gasteiger partial charge in [-0.15, -0.1) is 10.2 Å². The molecular formula is C17H19N7O2. The molecule has 2 N–H and O–H groups in total. The zero-order valence-electron chi connectivity index (χ0n) is 14.8. The van der Waals surface area contributed by atoms with E-state index < -0.39 is 11.7 Å². The van der Waals surface area contributed by atoms with Gasteiger partial charge in [0.05, 0.1) is 11.4 Å². The minimum atomic E-state index is -0.575. The number of anilines is 2. The minimum absolute atomic E-state index is 0.191. The molecule has 2 aromatic rings. The summed E-state index contributed by atoms with van der Waals surface area (Å²) in [6, 6.07) is 7.72. The minimum Gasteiger partial charge on any atom is -0.443 e. The van der Waals surface area contributed by atoms with E-state index in [4.69, 9.17) is 4.74 Å². The lowest BCUT2D eigenvalue weighted by molar-refractivity contribution is 0.0584. The lowest BCUT2D eigenvalue weighted by atomic mass is 10.1. The van der Waals surface area contributed by atoms with Crippen molar-refractivity contribution in [1.82, 2.24) is 20.6 Å². The fraction of sp³-hybridized carbons (Fsp3) is 0.353. The Morgan fingerprint density at radius 3 is 2.92 bits per heavy atom. The number of carbonyl (C=O) groups excluding carboxylic acids is 1. The van der Waals surface area contributed by atoms with Crippen LogP contribution in [0.1, 0.15) is 32.2 Å². The molecule has 1 aromatic heterocycles. The van der Waals surface area contributed by atoms with Gasteiger partial charge in [0.15, 0.2) is 0 Å². The van der Waals surface area contributed by atoms with Gasteiger partial charge in [0.1, 0.15) is 17.2 Å². The van der Waals surface area contributed by atoms with E-state index >= 15 is 0 Å². The Kier molecular flexibility index (Phi) is 4.58. The molecule has 9 nitrogen and oxygen atoms in total. The van der Waals surface area contributed by atoms with Crippen molar-refractivity contribution >= 4 is 23.0 Å². The van der Waals surface area contributed by atoms with E-state index in [1.54, 1.807) is 4.90 Å². The van der Waals surface area contributed by atoms with Crippen molar-refractivity contribution in [3.63, 3.8) is 0 Å².